The summed E-state index contributed by atoms with van der Waals surface area (Å²) in [6, 6.07) is 0.616. The van der Waals surface area contributed by atoms with E-state index in [1.54, 1.807) is 0 Å². The lowest BCUT2D eigenvalue weighted by molar-refractivity contribution is -0.135. The van der Waals surface area contributed by atoms with E-state index in [2.05, 4.69) is 33.9 Å². The zero-order valence-electron chi connectivity index (χ0n) is 18.9. The molecule has 0 saturated carbocycles. The van der Waals surface area contributed by atoms with Gasteiger partial charge in [-0.2, -0.15) is 0 Å². The Labute approximate surface area is 181 Å². The number of piperazine rings is 1. The molecule has 1 amide bonds. The Kier molecular flexibility index (Phi) is 7.49. The lowest BCUT2D eigenvalue weighted by Crippen LogP contribution is -2.57. The summed E-state index contributed by atoms with van der Waals surface area (Å²) < 4.78 is 6.09. The highest BCUT2D eigenvalue weighted by Gasteiger charge is 2.33. The van der Waals surface area contributed by atoms with Crippen LogP contribution in [0.4, 0.5) is 0 Å². The molecule has 0 aromatic heterocycles. The van der Waals surface area contributed by atoms with Gasteiger partial charge >= 0.3 is 0 Å². The van der Waals surface area contributed by atoms with Gasteiger partial charge < -0.3 is 19.9 Å². The number of morpholine rings is 1. The molecule has 4 heterocycles. The molecule has 8 heteroatoms. The Bertz CT molecular complexity index is 600. The van der Waals surface area contributed by atoms with Gasteiger partial charge in [0.1, 0.15) is 0 Å². The maximum absolute atomic E-state index is 12.7. The second kappa shape index (κ2) is 10.3. The van der Waals surface area contributed by atoms with Crippen molar-refractivity contribution in [2.75, 3.05) is 72.1 Å². The average molecular weight is 421 g/mol. The largest absolute Gasteiger partial charge is 0.373 e. The number of nitrogens with zero attached hydrogens (tertiary/aromatic N) is 5. The molecule has 4 rings (SSSR count). The van der Waals surface area contributed by atoms with Crippen LogP contribution in [0.1, 0.15) is 39.5 Å². The number of amides is 1. The maximum Gasteiger partial charge on any atom is 0.239 e. The number of hydrogen-bond acceptors (Lipinski definition) is 5. The molecule has 170 valence electrons. The van der Waals surface area contributed by atoms with Crippen LogP contribution in [0.25, 0.3) is 0 Å². The van der Waals surface area contributed by atoms with E-state index in [1.807, 2.05) is 4.90 Å². The number of aliphatic imine (C=N–C) groups is 1. The Hall–Kier alpha value is -1.38. The number of fused-ring (bicyclic) bond motifs is 1. The van der Waals surface area contributed by atoms with Crippen molar-refractivity contribution in [3.8, 4) is 0 Å². The predicted octanol–water partition coefficient (Wildman–Crippen LogP) is 0.444. The van der Waals surface area contributed by atoms with Crippen molar-refractivity contribution in [3.63, 3.8) is 0 Å². The first kappa shape index (κ1) is 21.8. The number of likely N-dealkylation sites (tertiary alicyclic amines) is 1. The summed E-state index contributed by atoms with van der Waals surface area (Å²) in [6.07, 6.45) is 5.08. The zero-order chi connectivity index (χ0) is 20.9. The highest BCUT2D eigenvalue weighted by molar-refractivity contribution is 5.82. The first-order valence-corrected chi connectivity index (χ1v) is 12.1. The molecule has 0 aliphatic carbocycles. The first-order chi connectivity index (χ1) is 14.7. The number of ether oxygens (including phenoxy) is 1. The minimum atomic E-state index is -0.0196. The highest BCUT2D eigenvalue weighted by Crippen LogP contribution is 2.22. The summed E-state index contributed by atoms with van der Waals surface area (Å²) in [6.45, 7) is 14.3. The van der Waals surface area contributed by atoms with E-state index in [0.717, 1.165) is 84.3 Å². The fourth-order valence-electron chi connectivity index (χ4n) is 5.29. The second-order valence-electron chi connectivity index (χ2n) is 9.17. The van der Waals surface area contributed by atoms with Crippen molar-refractivity contribution in [2.24, 2.45) is 4.99 Å². The van der Waals surface area contributed by atoms with E-state index in [1.165, 1.54) is 19.4 Å². The van der Waals surface area contributed by atoms with Crippen LogP contribution >= 0.6 is 0 Å². The monoisotopic (exact) mass is 420 g/mol. The Morgan fingerprint density at radius 2 is 1.83 bits per heavy atom. The average Bonchev–Trinajstić information content (AvgIpc) is 3.47. The third-order valence-corrected chi connectivity index (χ3v) is 7.18. The van der Waals surface area contributed by atoms with Crippen molar-refractivity contribution in [1.29, 1.82) is 0 Å². The lowest BCUT2D eigenvalue weighted by Gasteiger charge is -2.40. The smallest absolute Gasteiger partial charge is 0.239 e. The predicted molar refractivity (Wildman–Crippen MR) is 119 cm³/mol. The SMILES string of the molecule is CCNC(=NCC1CN2CCCC2CO1)N1CCN(C(C)C(=O)N2CCCC2)CC1. The highest BCUT2D eigenvalue weighted by atomic mass is 16.5. The van der Waals surface area contributed by atoms with Crippen LogP contribution < -0.4 is 5.32 Å². The third kappa shape index (κ3) is 5.08. The minimum Gasteiger partial charge on any atom is -0.373 e. The van der Waals surface area contributed by atoms with Gasteiger partial charge in [-0.15, -0.1) is 0 Å². The van der Waals surface area contributed by atoms with Crippen LogP contribution in [0.2, 0.25) is 0 Å². The number of carbonyl (C=O) groups excluding carboxylic acids is 1. The molecule has 30 heavy (non-hydrogen) atoms. The molecular weight excluding hydrogens is 380 g/mol. The van der Waals surface area contributed by atoms with Crippen LogP contribution in [0.5, 0.6) is 0 Å². The van der Waals surface area contributed by atoms with Gasteiger partial charge in [-0.25, -0.2) is 0 Å². The number of rotatable bonds is 5. The Balaban J connectivity index is 1.27. The van der Waals surface area contributed by atoms with Crippen molar-refractivity contribution >= 4 is 11.9 Å². The van der Waals surface area contributed by atoms with Crippen molar-refractivity contribution in [1.82, 2.24) is 24.9 Å². The lowest BCUT2D eigenvalue weighted by atomic mass is 10.2. The molecule has 0 radical (unpaired) electrons. The van der Waals surface area contributed by atoms with Gasteiger partial charge in [-0.05, 0) is 46.1 Å². The minimum absolute atomic E-state index is 0.0196. The fourth-order valence-corrected chi connectivity index (χ4v) is 5.29. The van der Waals surface area contributed by atoms with Gasteiger partial charge in [-0.1, -0.05) is 0 Å². The van der Waals surface area contributed by atoms with E-state index in [0.29, 0.717) is 11.9 Å². The summed E-state index contributed by atoms with van der Waals surface area (Å²) in [5.74, 6) is 1.29. The van der Waals surface area contributed by atoms with Gasteiger partial charge in [0.2, 0.25) is 5.91 Å². The molecule has 4 aliphatic rings. The first-order valence-electron chi connectivity index (χ1n) is 12.1. The molecule has 1 N–H and O–H groups in total. The van der Waals surface area contributed by atoms with Crippen LogP contribution in [0.15, 0.2) is 4.99 Å². The topological polar surface area (TPSA) is 63.7 Å². The molecule has 0 bridgehead atoms. The molecule has 8 nitrogen and oxygen atoms in total. The summed E-state index contributed by atoms with van der Waals surface area (Å²) in [5, 5.41) is 3.46. The molecule has 4 aliphatic heterocycles. The molecule has 4 fully saturated rings. The second-order valence-corrected chi connectivity index (χ2v) is 9.17. The normalized spacial score (nSPS) is 29.9. The van der Waals surface area contributed by atoms with Gasteiger partial charge in [0.25, 0.3) is 0 Å². The number of hydrogen-bond donors (Lipinski definition) is 1. The fraction of sp³-hybridized carbons (Fsp3) is 0.909. The summed E-state index contributed by atoms with van der Waals surface area (Å²) in [5.41, 5.74) is 0. The molecule has 3 atom stereocenters. The van der Waals surface area contributed by atoms with Gasteiger partial charge in [0.15, 0.2) is 5.96 Å². The number of guanidine groups is 1. The van der Waals surface area contributed by atoms with E-state index in [-0.39, 0.29) is 12.1 Å². The molecule has 0 spiro atoms. The zero-order valence-corrected chi connectivity index (χ0v) is 18.9. The molecule has 3 unspecified atom stereocenters. The standard InChI is InChI=1S/C22H40N6O2/c1-3-23-22(24-15-20-16-28-10-6-7-19(28)17-30-20)27-13-11-25(12-14-27)18(2)21(29)26-8-4-5-9-26/h18-20H,3-17H2,1-2H3,(H,23,24). The number of carbonyl (C=O) groups is 1. The number of nitrogens with one attached hydrogen (secondary N) is 1. The molecular formula is C22H40N6O2. The quantitative estimate of drug-likeness (QED) is 0.515. The Morgan fingerprint density at radius 3 is 2.57 bits per heavy atom. The third-order valence-electron chi connectivity index (χ3n) is 7.18. The van der Waals surface area contributed by atoms with Crippen LogP contribution in [-0.2, 0) is 9.53 Å². The van der Waals surface area contributed by atoms with Gasteiger partial charge in [-0.3, -0.25) is 19.6 Å². The Morgan fingerprint density at radius 1 is 1.07 bits per heavy atom. The summed E-state index contributed by atoms with van der Waals surface area (Å²) in [7, 11) is 0. The molecule has 4 saturated heterocycles. The van der Waals surface area contributed by atoms with Gasteiger partial charge in [0.05, 0.1) is 25.3 Å². The van der Waals surface area contributed by atoms with Crippen molar-refractivity contribution < 1.29 is 9.53 Å². The van der Waals surface area contributed by atoms with E-state index >= 15 is 0 Å². The summed E-state index contributed by atoms with van der Waals surface area (Å²) >= 11 is 0. The van der Waals surface area contributed by atoms with Crippen molar-refractivity contribution in [3.05, 3.63) is 0 Å². The van der Waals surface area contributed by atoms with E-state index < -0.39 is 0 Å². The van der Waals surface area contributed by atoms with Crippen LogP contribution in [0, 0.1) is 0 Å². The van der Waals surface area contributed by atoms with Crippen LogP contribution in [-0.4, -0.2) is 122 Å². The van der Waals surface area contributed by atoms with Crippen molar-refractivity contribution in [2.45, 2.75) is 57.7 Å². The summed E-state index contributed by atoms with van der Waals surface area (Å²) in [4.78, 5) is 27.0. The maximum atomic E-state index is 12.7. The van der Waals surface area contributed by atoms with E-state index in [4.69, 9.17) is 9.73 Å². The van der Waals surface area contributed by atoms with Gasteiger partial charge in [0, 0.05) is 58.4 Å². The van der Waals surface area contributed by atoms with E-state index in [9.17, 15) is 4.79 Å². The molecule has 0 aromatic carbocycles. The van der Waals surface area contributed by atoms with Crippen LogP contribution in [0.3, 0.4) is 0 Å². The molecule has 0 aromatic rings.